The van der Waals surface area contributed by atoms with Crippen LogP contribution in [0.3, 0.4) is 0 Å². The molecule has 11 aromatic rings. The summed E-state index contributed by atoms with van der Waals surface area (Å²) in [6.45, 7) is 0. The number of para-hydroxylation sites is 2. The van der Waals surface area contributed by atoms with E-state index in [0.717, 1.165) is 88.8 Å². The lowest BCUT2D eigenvalue weighted by Crippen LogP contribution is -2.09. The van der Waals surface area contributed by atoms with Gasteiger partial charge in [-0.15, -0.1) is 0 Å². The molecule has 0 fully saturated rings. The van der Waals surface area contributed by atoms with E-state index in [0.29, 0.717) is 17.5 Å². The lowest BCUT2D eigenvalue weighted by atomic mass is 10.0. The van der Waals surface area contributed by atoms with Gasteiger partial charge in [0.05, 0.1) is 0 Å². The Morgan fingerprint density at radius 3 is 1.72 bits per heavy atom. The van der Waals surface area contributed by atoms with Crippen molar-refractivity contribution in [3.05, 3.63) is 194 Å². The van der Waals surface area contributed by atoms with Crippen LogP contribution in [0, 0.1) is 0 Å². The Kier molecular flexibility index (Phi) is 7.71. The lowest BCUT2D eigenvalue weighted by molar-refractivity contribution is 0.668. The molecule has 3 heterocycles. The molecule has 0 saturated heterocycles. The largest absolute Gasteiger partial charge is 0.456 e. The van der Waals surface area contributed by atoms with E-state index in [1.165, 1.54) is 0 Å². The number of rotatable bonds is 7. The maximum atomic E-state index is 6.67. The van der Waals surface area contributed by atoms with E-state index >= 15 is 0 Å². The van der Waals surface area contributed by atoms with Crippen LogP contribution >= 0.6 is 0 Å². The first-order valence-electron chi connectivity index (χ1n) is 18.9. The van der Waals surface area contributed by atoms with Crippen LogP contribution in [0.1, 0.15) is 0 Å². The number of hydrogen-bond donors (Lipinski definition) is 0. The number of aromatic nitrogens is 3. The van der Waals surface area contributed by atoms with Crippen molar-refractivity contribution in [3.63, 3.8) is 0 Å². The molecule has 0 bridgehead atoms. The van der Waals surface area contributed by atoms with Crippen molar-refractivity contribution in [2.75, 3.05) is 4.90 Å². The van der Waals surface area contributed by atoms with E-state index in [2.05, 4.69) is 126 Å². The fourth-order valence-electron chi connectivity index (χ4n) is 7.83. The summed E-state index contributed by atoms with van der Waals surface area (Å²) in [6, 6.07) is 66.2. The molecule has 0 aliphatic rings. The summed E-state index contributed by atoms with van der Waals surface area (Å²) in [4.78, 5) is 17.5. The quantitative estimate of drug-likeness (QED) is 0.162. The summed E-state index contributed by atoms with van der Waals surface area (Å²) in [5.74, 6) is 1.78. The van der Waals surface area contributed by atoms with Crippen molar-refractivity contribution >= 4 is 60.9 Å². The Morgan fingerprint density at radius 1 is 0.316 bits per heavy atom. The van der Waals surface area contributed by atoms with E-state index in [9.17, 15) is 0 Å². The minimum Gasteiger partial charge on any atom is -0.456 e. The number of anilines is 3. The molecule has 0 atom stereocenters. The molecular formula is C51H32N4O2. The zero-order chi connectivity index (χ0) is 37.7. The molecule has 57 heavy (non-hydrogen) atoms. The van der Waals surface area contributed by atoms with Gasteiger partial charge in [0.15, 0.2) is 17.5 Å². The van der Waals surface area contributed by atoms with E-state index < -0.39 is 0 Å². The molecule has 268 valence electrons. The molecule has 0 radical (unpaired) electrons. The number of furan rings is 2. The summed E-state index contributed by atoms with van der Waals surface area (Å²) in [7, 11) is 0. The summed E-state index contributed by atoms with van der Waals surface area (Å²) in [6.07, 6.45) is 0. The molecule has 11 rings (SSSR count). The monoisotopic (exact) mass is 732 g/mol. The predicted octanol–water partition coefficient (Wildman–Crippen LogP) is 13.8. The third-order valence-corrected chi connectivity index (χ3v) is 10.5. The summed E-state index contributed by atoms with van der Waals surface area (Å²) in [5, 5.41) is 4.08. The molecule has 0 N–H and O–H groups in total. The zero-order valence-electron chi connectivity index (χ0n) is 30.6. The maximum absolute atomic E-state index is 6.67. The molecule has 0 amide bonds. The highest BCUT2D eigenvalue weighted by Crippen LogP contribution is 2.42. The van der Waals surface area contributed by atoms with Crippen LogP contribution < -0.4 is 4.90 Å². The summed E-state index contributed by atoms with van der Waals surface area (Å²) in [5.41, 5.74) is 11.2. The standard InChI is InChI=1S/C51H32N4O2/c1-4-14-33(15-5-1)35-18-12-19-36(30-35)50-52-49(34-16-6-2-7-17-34)53-51(54-50)42-23-13-25-46-48(42)41-28-26-39(32-47(41)57-46)55(37-20-8-3-9-21-37)38-27-29-45-43(31-38)40-22-10-11-24-44(40)56-45/h1-32H. The van der Waals surface area contributed by atoms with Gasteiger partial charge in [0.2, 0.25) is 0 Å². The van der Waals surface area contributed by atoms with Crippen LogP contribution in [0.2, 0.25) is 0 Å². The Hall–Kier alpha value is -7.83. The van der Waals surface area contributed by atoms with E-state index in [4.69, 9.17) is 23.8 Å². The predicted molar refractivity (Wildman–Crippen MR) is 231 cm³/mol. The first-order valence-corrected chi connectivity index (χ1v) is 18.9. The zero-order valence-corrected chi connectivity index (χ0v) is 30.6. The first kappa shape index (κ1) is 32.6. The molecule has 6 heteroatoms. The molecule has 0 unspecified atom stereocenters. The van der Waals surface area contributed by atoms with E-state index in [1.807, 2.05) is 72.8 Å². The van der Waals surface area contributed by atoms with Gasteiger partial charge in [-0.2, -0.15) is 0 Å². The number of hydrogen-bond acceptors (Lipinski definition) is 6. The molecule has 6 nitrogen and oxygen atoms in total. The molecular weight excluding hydrogens is 701 g/mol. The van der Waals surface area contributed by atoms with Gasteiger partial charge in [-0.05, 0) is 71.8 Å². The fraction of sp³-hybridized carbons (Fsp3) is 0. The van der Waals surface area contributed by atoms with Gasteiger partial charge in [0.1, 0.15) is 22.3 Å². The second-order valence-electron chi connectivity index (χ2n) is 14.0. The summed E-state index contributed by atoms with van der Waals surface area (Å²) < 4.78 is 12.9. The average molecular weight is 733 g/mol. The van der Waals surface area contributed by atoms with Gasteiger partial charge in [-0.3, -0.25) is 0 Å². The van der Waals surface area contributed by atoms with Gasteiger partial charge >= 0.3 is 0 Å². The van der Waals surface area contributed by atoms with Crippen LogP contribution in [0.15, 0.2) is 203 Å². The van der Waals surface area contributed by atoms with Crippen LogP contribution in [-0.4, -0.2) is 15.0 Å². The van der Waals surface area contributed by atoms with Gasteiger partial charge in [-0.25, -0.2) is 15.0 Å². The average Bonchev–Trinajstić information content (AvgIpc) is 3.85. The second-order valence-corrected chi connectivity index (χ2v) is 14.0. The van der Waals surface area contributed by atoms with Crippen LogP contribution in [0.25, 0.3) is 89.2 Å². The molecule has 8 aromatic carbocycles. The smallest absolute Gasteiger partial charge is 0.164 e. The molecule has 0 aliphatic heterocycles. The van der Waals surface area contributed by atoms with Gasteiger partial charge in [-0.1, -0.05) is 127 Å². The third-order valence-electron chi connectivity index (χ3n) is 10.5. The number of nitrogens with zero attached hydrogens (tertiary/aromatic N) is 4. The number of fused-ring (bicyclic) bond motifs is 6. The van der Waals surface area contributed by atoms with Gasteiger partial charge in [0, 0.05) is 61.4 Å². The van der Waals surface area contributed by atoms with Crippen molar-refractivity contribution in [2.45, 2.75) is 0 Å². The fourth-order valence-corrected chi connectivity index (χ4v) is 7.83. The van der Waals surface area contributed by atoms with Crippen LogP contribution in [0.4, 0.5) is 17.1 Å². The van der Waals surface area contributed by atoms with Crippen LogP contribution in [0.5, 0.6) is 0 Å². The van der Waals surface area contributed by atoms with Crippen molar-refractivity contribution < 1.29 is 8.83 Å². The van der Waals surface area contributed by atoms with Gasteiger partial charge < -0.3 is 13.7 Å². The Labute approximate surface area is 328 Å². The van der Waals surface area contributed by atoms with E-state index in [1.54, 1.807) is 0 Å². The Bertz CT molecular complexity index is 3250. The highest BCUT2D eigenvalue weighted by atomic mass is 16.3. The lowest BCUT2D eigenvalue weighted by Gasteiger charge is -2.25. The van der Waals surface area contributed by atoms with E-state index in [-0.39, 0.29) is 0 Å². The number of benzene rings is 8. The Morgan fingerprint density at radius 2 is 0.895 bits per heavy atom. The second kappa shape index (κ2) is 13.5. The molecule has 0 aliphatic carbocycles. The summed E-state index contributed by atoms with van der Waals surface area (Å²) >= 11 is 0. The van der Waals surface area contributed by atoms with Crippen molar-refractivity contribution in [3.8, 4) is 45.3 Å². The van der Waals surface area contributed by atoms with Crippen molar-refractivity contribution in [1.82, 2.24) is 15.0 Å². The normalized spacial score (nSPS) is 11.5. The minimum absolute atomic E-state index is 0.577. The van der Waals surface area contributed by atoms with Crippen molar-refractivity contribution in [1.29, 1.82) is 0 Å². The topological polar surface area (TPSA) is 68.2 Å². The molecule has 0 spiro atoms. The molecule has 0 saturated carbocycles. The SMILES string of the molecule is c1ccc(-c2cccc(-c3nc(-c4ccccc4)nc(-c4cccc5oc6cc(N(c7ccccc7)c7ccc8oc9ccccc9c8c7)ccc6c45)n3)c2)cc1. The molecule has 3 aromatic heterocycles. The Balaban J connectivity index is 1.07. The van der Waals surface area contributed by atoms with Gasteiger partial charge in [0.25, 0.3) is 0 Å². The highest BCUT2D eigenvalue weighted by molar-refractivity contribution is 6.13. The van der Waals surface area contributed by atoms with Crippen molar-refractivity contribution in [2.24, 2.45) is 0 Å². The minimum atomic E-state index is 0.577. The highest BCUT2D eigenvalue weighted by Gasteiger charge is 2.21. The third kappa shape index (κ3) is 5.79. The van der Waals surface area contributed by atoms with Crippen LogP contribution in [-0.2, 0) is 0 Å². The first-order chi connectivity index (χ1) is 28.2. The maximum Gasteiger partial charge on any atom is 0.164 e.